The van der Waals surface area contributed by atoms with Crippen molar-refractivity contribution < 1.29 is 4.74 Å². The summed E-state index contributed by atoms with van der Waals surface area (Å²) in [6, 6.07) is 7.99. The van der Waals surface area contributed by atoms with Crippen LogP contribution in [0.1, 0.15) is 45.3 Å². The number of rotatable bonds is 6. The third-order valence-corrected chi connectivity index (χ3v) is 3.50. The molecule has 19 heavy (non-hydrogen) atoms. The van der Waals surface area contributed by atoms with Gasteiger partial charge in [0.1, 0.15) is 0 Å². The van der Waals surface area contributed by atoms with E-state index in [2.05, 4.69) is 32.2 Å². The van der Waals surface area contributed by atoms with Gasteiger partial charge < -0.3 is 10.1 Å². The topological polar surface area (TPSA) is 21.3 Å². The highest BCUT2D eigenvalue weighted by Crippen LogP contribution is 2.31. The number of benzene rings is 1. The average Bonchev–Trinajstić information content (AvgIpc) is 3.11. The largest absolute Gasteiger partial charge is 0.372 e. The molecule has 1 unspecified atom stereocenters. The highest BCUT2D eigenvalue weighted by Gasteiger charge is 2.24. The molecule has 0 heterocycles. The summed E-state index contributed by atoms with van der Waals surface area (Å²) in [5.74, 6) is 0.774. The molecule has 1 fully saturated rings. The van der Waals surface area contributed by atoms with Crippen LogP contribution in [0.2, 0.25) is 5.02 Å². The van der Waals surface area contributed by atoms with Crippen molar-refractivity contribution in [2.45, 2.75) is 45.3 Å². The summed E-state index contributed by atoms with van der Waals surface area (Å²) in [5, 5.41) is 4.29. The molecule has 0 amide bonds. The van der Waals surface area contributed by atoms with E-state index >= 15 is 0 Å². The molecule has 1 aromatic rings. The van der Waals surface area contributed by atoms with Gasteiger partial charge >= 0.3 is 0 Å². The highest BCUT2D eigenvalue weighted by molar-refractivity contribution is 6.30. The van der Waals surface area contributed by atoms with Crippen LogP contribution in [0.25, 0.3) is 0 Å². The van der Waals surface area contributed by atoms with Crippen LogP contribution in [-0.4, -0.2) is 18.7 Å². The molecule has 0 bridgehead atoms. The Labute approximate surface area is 121 Å². The Kier molecular flexibility index (Phi) is 4.88. The van der Waals surface area contributed by atoms with Crippen molar-refractivity contribution in [3.8, 4) is 0 Å². The van der Waals surface area contributed by atoms with Gasteiger partial charge in [-0.15, -0.1) is 0 Å². The molecular formula is C16H24ClNO. The first kappa shape index (κ1) is 14.8. The van der Waals surface area contributed by atoms with Crippen molar-refractivity contribution in [2.24, 2.45) is 5.92 Å². The Hall–Kier alpha value is -0.570. The van der Waals surface area contributed by atoms with Gasteiger partial charge in [0, 0.05) is 17.1 Å². The van der Waals surface area contributed by atoms with Crippen LogP contribution < -0.4 is 5.32 Å². The first-order valence-electron chi connectivity index (χ1n) is 7.06. The molecule has 2 rings (SSSR count). The normalized spacial score (nSPS) is 17.5. The SMILES string of the molecule is CC(C)(C)NCC(OCC1CC1)c1cccc(Cl)c1. The summed E-state index contributed by atoms with van der Waals surface area (Å²) in [6.45, 7) is 8.19. The zero-order valence-corrected chi connectivity index (χ0v) is 12.8. The second-order valence-corrected chi connectivity index (χ2v) is 6.89. The van der Waals surface area contributed by atoms with Gasteiger partial charge in [-0.1, -0.05) is 23.7 Å². The number of hydrogen-bond donors (Lipinski definition) is 1. The van der Waals surface area contributed by atoms with Crippen molar-refractivity contribution in [2.75, 3.05) is 13.2 Å². The molecule has 2 nitrogen and oxygen atoms in total. The predicted octanol–water partition coefficient (Wildman–Crippen LogP) is 4.20. The quantitative estimate of drug-likeness (QED) is 0.844. The third-order valence-electron chi connectivity index (χ3n) is 3.27. The van der Waals surface area contributed by atoms with E-state index < -0.39 is 0 Å². The first-order chi connectivity index (χ1) is 8.94. The van der Waals surface area contributed by atoms with Crippen LogP contribution in [0.3, 0.4) is 0 Å². The van der Waals surface area contributed by atoms with Crippen molar-refractivity contribution in [1.29, 1.82) is 0 Å². The summed E-state index contributed by atoms with van der Waals surface area (Å²) < 4.78 is 6.08. The molecule has 1 saturated carbocycles. The molecule has 1 aliphatic carbocycles. The minimum absolute atomic E-state index is 0.0820. The lowest BCUT2D eigenvalue weighted by Gasteiger charge is -2.26. The van der Waals surface area contributed by atoms with E-state index in [0.29, 0.717) is 0 Å². The van der Waals surface area contributed by atoms with Crippen molar-refractivity contribution in [3.63, 3.8) is 0 Å². The fourth-order valence-corrected chi connectivity index (χ4v) is 2.11. The average molecular weight is 282 g/mol. The van der Waals surface area contributed by atoms with Gasteiger partial charge in [-0.2, -0.15) is 0 Å². The van der Waals surface area contributed by atoms with Gasteiger partial charge in [-0.3, -0.25) is 0 Å². The van der Waals surface area contributed by atoms with Crippen LogP contribution in [0.5, 0.6) is 0 Å². The zero-order chi connectivity index (χ0) is 13.9. The molecule has 1 atom stereocenters. The second kappa shape index (κ2) is 6.25. The molecule has 0 aliphatic heterocycles. The summed E-state index contributed by atoms with van der Waals surface area (Å²) >= 11 is 6.08. The maximum Gasteiger partial charge on any atom is 0.0950 e. The van der Waals surface area contributed by atoms with Crippen LogP contribution in [0, 0.1) is 5.92 Å². The van der Waals surface area contributed by atoms with Crippen LogP contribution in [0.4, 0.5) is 0 Å². The lowest BCUT2D eigenvalue weighted by atomic mass is 10.1. The van der Waals surface area contributed by atoms with E-state index in [0.717, 1.165) is 29.7 Å². The van der Waals surface area contributed by atoms with Gasteiger partial charge in [-0.25, -0.2) is 0 Å². The number of nitrogens with one attached hydrogen (secondary N) is 1. The van der Waals surface area contributed by atoms with Gasteiger partial charge in [0.25, 0.3) is 0 Å². The fourth-order valence-electron chi connectivity index (χ4n) is 1.92. The lowest BCUT2D eigenvalue weighted by molar-refractivity contribution is 0.0412. The minimum Gasteiger partial charge on any atom is -0.372 e. The Bertz CT molecular complexity index is 409. The van der Waals surface area contributed by atoms with Crippen LogP contribution in [0.15, 0.2) is 24.3 Å². The molecule has 1 aromatic carbocycles. The molecular weight excluding hydrogens is 258 g/mol. The molecule has 0 radical (unpaired) electrons. The van der Waals surface area contributed by atoms with Crippen LogP contribution >= 0.6 is 11.6 Å². The van der Waals surface area contributed by atoms with Gasteiger partial charge in [-0.05, 0) is 57.2 Å². The molecule has 0 saturated heterocycles. The van der Waals surface area contributed by atoms with Gasteiger partial charge in [0.05, 0.1) is 12.7 Å². The second-order valence-electron chi connectivity index (χ2n) is 6.45. The predicted molar refractivity (Wildman–Crippen MR) is 80.6 cm³/mol. The monoisotopic (exact) mass is 281 g/mol. The highest BCUT2D eigenvalue weighted by atomic mass is 35.5. The van der Waals surface area contributed by atoms with Crippen molar-refractivity contribution >= 4 is 11.6 Å². The van der Waals surface area contributed by atoms with Crippen molar-refractivity contribution in [1.82, 2.24) is 5.32 Å². The van der Waals surface area contributed by atoms with E-state index in [9.17, 15) is 0 Å². The fraction of sp³-hybridized carbons (Fsp3) is 0.625. The zero-order valence-electron chi connectivity index (χ0n) is 12.1. The van der Waals surface area contributed by atoms with E-state index in [1.807, 2.05) is 18.2 Å². The summed E-state index contributed by atoms with van der Waals surface area (Å²) in [5.41, 5.74) is 1.25. The standard InChI is InChI=1S/C16H24ClNO/c1-16(2,3)18-10-15(19-11-12-7-8-12)13-5-4-6-14(17)9-13/h4-6,9,12,15,18H,7-8,10-11H2,1-3H3. The smallest absolute Gasteiger partial charge is 0.0950 e. The lowest BCUT2D eigenvalue weighted by Crippen LogP contribution is -2.39. The summed E-state index contributed by atoms with van der Waals surface area (Å²) in [6.07, 6.45) is 2.71. The van der Waals surface area contributed by atoms with E-state index in [4.69, 9.17) is 16.3 Å². The Morgan fingerprint density at radius 3 is 2.68 bits per heavy atom. The number of ether oxygens (including phenoxy) is 1. The third kappa shape index (κ3) is 5.52. The Morgan fingerprint density at radius 2 is 2.11 bits per heavy atom. The maximum absolute atomic E-state index is 6.08. The van der Waals surface area contributed by atoms with E-state index in [1.165, 1.54) is 12.8 Å². The number of hydrogen-bond acceptors (Lipinski definition) is 2. The first-order valence-corrected chi connectivity index (χ1v) is 7.44. The van der Waals surface area contributed by atoms with E-state index in [1.54, 1.807) is 0 Å². The molecule has 1 N–H and O–H groups in total. The van der Waals surface area contributed by atoms with Crippen molar-refractivity contribution in [3.05, 3.63) is 34.9 Å². The number of halogens is 1. The minimum atomic E-state index is 0.0820. The Morgan fingerprint density at radius 1 is 1.37 bits per heavy atom. The van der Waals surface area contributed by atoms with Gasteiger partial charge in [0.15, 0.2) is 0 Å². The molecule has 106 valence electrons. The molecule has 1 aliphatic rings. The summed E-state index contributed by atoms with van der Waals surface area (Å²) in [4.78, 5) is 0. The van der Waals surface area contributed by atoms with Gasteiger partial charge in [0.2, 0.25) is 0 Å². The molecule has 0 aromatic heterocycles. The maximum atomic E-state index is 6.08. The summed E-state index contributed by atoms with van der Waals surface area (Å²) in [7, 11) is 0. The molecule has 3 heteroatoms. The van der Waals surface area contributed by atoms with Crippen LogP contribution in [-0.2, 0) is 4.74 Å². The Balaban J connectivity index is 1.99. The molecule has 0 spiro atoms. The van der Waals surface area contributed by atoms with E-state index in [-0.39, 0.29) is 11.6 Å².